The molecule has 1 heterocycles. The van der Waals surface area contributed by atoms with Crippen LogP contribution in [0.4, 0.5) is 0 Å². The molecule has 0 radical (unpaired) electrons. The van der Waals surface area contributed by atoms with Crippen molar-refractivity contribution in [2.45, 2.75) is 6.04 Å². The average Bonchev–Trinajstić information content (AvgIpc) is 2.50. The molecule has 0 fully saturated rings. The highest BCUT2D eigenvalue weighted by atomic mass is 16.3. The van der Waals surface area contributed by atoms with Gasteiger partial charge in [0.05, 0.1) is 12.3 Å². The van der Waals surface area contributed by atoms with E-state index in [1.807, 2.05) is 6.07 Å². The van der Waals surface area contributed by atoms with E-state index in [1.165, 1.54) is 6.26 Å². The summed E-state index contributed by atoms with van der Waals surface area (Å²) in [6, 6.07) is 3.25. The van der Waals surface area contributed by atoms with Crippen molar-refractivity contribution in [3.05, 3.63) is 36.3 Å². The Balaban J connectivity index is 3.04. The Morgan fingerprint density at radius 1 is 1.82 bits per heavy atom. The molecule has 3 heteroatoms. The number of hydrogen-bond donors (Lipinski definition) is 1. The van der Waals surface area contributed by atoms with Crippen molar-refractivity contribution >= 4 is 0 Å². The fourth-order valence-electron chi connectivity index (χ4n) is 0.799. The minimum Gasteiger partial charge on any atom is -0.453 e. The second-order valence-electron chi connectivity index (χ2n) is 2.08. The SMILES string of the molecule is C=C[C@@H](N)c1ccoc1C#N. The van der Waals surface area contributed by atoms with Gasteiger partial charge in [0.2, 0.25) is 5.76 Å². The van der Waals surface area contributed by atoms with Crippen LogP contribution in [0.3, 0.4) is 0 Å². The van der Waals surface area contributed by atoms with E-state index in [0.29, 0.717) is 5.56 Å². The molecule has 0 aliphatic heterocycles. The van der Waals surface area contributed by atoms with Gasteiger partial charge in [-0.2, -0.15) is 5.26 Å². The fourth-order valence-corrected chi connectivity index (χ4v) is 0.799. The highest BCUT2D eigenvalue weighted by Gasteiger charge is 2.09. The van der Waals surface area contributed by atoms with Crippen LogP contribution in [0.5, 0.6) is 0 Å². The minimum absolute atomic E-state index is 0.261. The highest BCUT2D eigenvalue weighted by molar-refractivity contribution is 5.32. The van der Waals surface area contributed by atoms with E-state index in [4.69, 9.17) is 15.4 Å². The first-order valence-corrected chi connectivity index (χ1v) is 3.15. The Morgan fingerprint density at radius 3 is 3.09 bits per heavy atom. The average molecular weight is 148 g/mol. The zero-order valence-corrected chi connectivity index (χ0v) is 5.95. The standard InChI is InChI=1S/C8H8N2O/c1-2-7(10)6-3-4-11-8(6)5-9/h2-4,7H,1,10H2/t7-/m1/s1. The summed E-state index contributed by atoms with van der Waals surface area (Å²) in [5, 5.41) is 8.52. The molecule has 0 saturated carbocycles. The van der Waals surface area contributed by atoms with Gasteiger partial charge in [0.1, 0.15) is 6.07 Å². The smallest absolute Gasteiger partial charge is 0.208 e. The fraction of sp³-hybridized carbons (Fsp3) is 0.125. The summed E-state index contributed by atoms with van der Waals surface area (Å²) in [5.74, 6) is 0.261. The van der Waals surface area contributed by atoms with Crippen LogP contribution in [0, 0.1) is 11.3 Å². The van der Waals surface area contributed by atoms with E-state index in [-0.39, 0.29) is 11.8 Å². The topological polar surface area (TPSA) is 62.9 Å². The van der Waals surface area contributed by atoms with Gasteiger partial charge < -0.3 is 10.2 Å². The van der Waals surface area contributed by atoms with Crippen molar-refractivity contribution in [1.29, 1.82) is 5.26 Å². The lowest BCUT2D eigenvalue weighted by atomic mass is 10.1. The van der Waals surface area contributed by atoms with Crippen LogP contribution >= 0.6 is 0 Å². The van der Waals surface area contributed by atoms with Crippen LogP contribution in [0.2, 0.25) is 0 Å². The first-order chi connectivity index (χ1) is 5.29. The van der Waals surface area contributed by atoms with Crippen molar-refractivity contribution in [1.82, 2.24) is 0 Å². The Labute approximate surface area is 64.7 Å². The van der Waals surface area contributed by atoms with E-state index in [1.54, 1.807) is 12.1 Å². The van der Waals surface area contributed by atoms with Crippen LogP contribution in [-0.2, 0) is 0 Å². The first kappa shape index (κ1) is 7.58. The highest BCUT2D eigenvalue weighted by Crippen LogP contribution is 2.16. The van der Waals surface area contributed by atoms with Gasteiger partial charge in [0.25, 0.3) is 0 Å². The Bertz CT molecular complexity index is 295. The predicted octanol–water partition coefficient (Wildman–Crippen LogP) is 1.34. The van der Waals surface area contributed by atoms with Gasteiger partial charge in [-0.05, 0) is 6.07 Å². The van der Waals surface area contributed by atoms with E-state index in [2.05, 4.69) is 6.58 Å². The number of hydrogen-bond acceptors (Lipinski definition) is 3. The monoisotopic (exact) mass is 148 g/mol. The molecule has 1 aromatic rings. The third-order valence-electron chi connectivity index (χ3n) is 1.41. The molecule has 3 nitrogen and oxygen atoms in total. The summed E-state index contributed by atoms with van der Waals surface area (Å²) in [5.41, 5.74) is 6.27. The second kappa shape index (κ2) is 3.04. The molecule has 0 amide bonds. The number of furan rings is 1. The van der Waals surface area contributed by atoms with Crippen LogP contribution in [0.1, 0.15) is 17.4 Å². The summed E-state index contributed by atoms with van der Waals surface area (Å²) < 4.78 is 4.85. The number of nitrogens with zero attached hydrogens (tertiary/aromatic N) is 1. The molecule has 1 aromatic heterocycles. The lowest BCUT2D eigenvalue weighted by molar-refractivity contribution is 0.547. The van der Waals surface area contributed by atoms with Gasteiger partial charge in [-0.15, -0.1) is 6.58 Å². The van der Waals surface area contributed by atoms with Gasteiger partial charge in [0, 0.05) is 5.56 Å². The third-order valence-corrected chi connectivity index (χ3v) is 1.41. The van der Waals surface area contributed by atoms with Crippen molar-refractivity contribution in [2.24, 2.45) is 5.73 Å². The van der Waals surface area contributed by atoms with Gasteiger partial charge in [-0.3, -0.25) is 0 Å². The maximum Gasteiger partial charge on any atom is 0.208 e. The molecular formula is C8H8N2O. The quantitative estimate of drug-likeness (QED) is 0.643. The number of rotatable bonds is 2. The van der Waals surface area contributed by atoms with Crippen LogP contribution < -0.4 is 5.73 Å². The third kappa shape index (κ3) is 1.31. The van der Waals surface area contributed by atoms with Crippen LogP contribution in [-0.4, -0.2) is 0 Å². The molecule has 0 spiro atoms. The molecule has 1 rings (SSSR count). The molecule has 56 valence electrons. The van der Waals surface area contributed by atoms with Crippen molar-refractivity contribution in [3.63, 3.8) is 0 Å². The van der Waals surface area contributed by atoms with Gasteiger partial charge in [-0.25, -0.2) is 0 Å². The molecular weight excluding hydrogens is 140 g/mol. The Morgan fingerprint density at radius 2 is 2.55 bits per heavy atom. The summed E-state index contributed by atoms with van der Waals surface area (Å²) >= 11 is 0. The summed E-state index contributed by atoms with van der Waals surface area (Å²) in [4.78, 5) is 0. The maximum absolute atomic E-state index is 8.52. The van der Waals surface area contributed by atoms with Gasteiger partial charge in [0.15, 0.2) is 0 Å². The van der Waals surface area contributed by atoms with Crippen molar-refractivity contribution in [3.8, 4) is 6.07 Å². The molecule has 11 heavy (non-hydrogen) atoms. The van der Waals surface area contributed by atoms with Crippen LogP contribution in [0.15, 0.2) is 29.4 Å². The Kier molecular flexibility index (Phi) is 2.09. The lowest BCUT2D eigenvalue weighted by Crippen LogP contribution is -2.06. The normalized spacial score (nSPS) is 12.0. The zero-order chi connectivity index (χ0) is 8.27. The maximum atomic E-state index is 8.52. The molecule has 2 N–H and O–H groups in total. The molecule has 0 unspecified atom stereocenters. The summed E-state index contributed by atoms with van der Waals surface area (Å²) in [6.07, 6.45) is 3.00. The molecule has 1 atom stereocenters. The minimum atomic E-state index is -0.316. The molecule has 0 aliphatic carbocycles. The molecule has 0 aromatic carbocycles. The van der Waals surface area contributed by atoms with Gasteiger partial charge >= 0.3 is 0 Å². The van der Waals surface area contributed by atoms with Crippen molar-refractivity contribution < 1.29 is 4.42 Å². The summed E-state index contributed by atoms with van der Waals surface area (Å²) in [6.45, 7) is 3.52. The second-order valence-corrected chi connectivity index (χ2v) is 2.08. The van der Waals surface area contributed by atoms with E-state index in [9.17, 15) is 0 Å². The Hall–Kier alpha value is -1.53. The molecule has 0 aliphatic rings. The van der Waals surface area contributed by atoms with Crippen LogP contribution in [0.25, 0.3) is 0 Å². The predicted molar refractivity (Wildman–Crippen MR) is 40.5 cm³/mol. The first-order valence-electron chi connectivity index (χ1n) is 3.15. The number of nitriles is 1. The number of nitrogens with two attached hydrogens (primary N) is 1. The zero-order valence-electron chi connectivity index (χ0n) is 5.95. The van der Waals surface area contributed by atoms with E-state index in [0.717, 1.165) is 0 Å². The molecule has 0 saturated heterocycles. The lowest BCUT2D eigenvalue weighted by Gasteiger charge is -2.00. The summed E-state index contributed by atoms with van der Waals surface area (Å²) in [7, 11) is 0. The van der Waals surface area contributed by atoms with Gasteiger partial charge in [-0.1, -0.05) is 6.08 Å². The van der Waals surface area contributed by atoms with E-state index >= 15 is 0 Å². The van der Waals surface area contributed by atoms with E-state index < -0.39 is 0 Å². The molecule has 0 bridgehead atoms. The largest absolute Gasteiger partial charge is 0.453 e. The van der Waals surface area contributed by atoms with Crippen molar-refractivity contribution in [2.75, 3.05) is 0 Å².